The molecule has 0 N–H and O–H groups in total. The summed E-state index contributed by atoms with van der Waals surface area (Å²) in [4.78, 5) is 20.8. The number of carbonyl (C=O) groups excluding carboxylic acids is 2. The van der Waals surface area contributed by atoms with Crippen molar-refractivity contribution in [2.24, 2.45) is 0 Å². The number of rotatable bonds is 4. The first-order chi connectivity index (χ1) is 10.4. The van der Waals surface area contributed by atoms with Gasteiger partial charge in [-0.2, -0.15) is 0 Å². The van der Waals surface area contributed by atoms with Gasteiger partial charge in [0.1, 0.15) is 0 Å². The average Bonchev–Trinajstić information content (AvgIpc) is 2.55. The molecule has 0 heterocycles. The minimum absolute atomic E-state index is 0. The van der Waals surface area contributed by atoms with E-state index in [-0.39, 0.29) is 23.1 Å². The van der Waals surface area contributed by atoms with E-state index in [0.717, 1.165) is 11.1 Å². The van der Waals surface area contributed by atoms with E-state index in [1.165, 1.54) is 0 Å². The molecule has 23 heavy (non-hydrogen) atoms. The normalized spacial score (nSPS) is 11.9. The first-order valence-electron chi connectivity index (χ1n) is 6.95. The van der Waals surface area contributed by atoms with Gasteiger partial charge >= 0.3 is 23.1 Å². The van der Waals surface area contributed by atoms with Gasteiger partial charge < -0.3 is 19.8 Å². The van der Waals surface area contributed by atoms with Crippen LogP contribution in [0.2, 0.25) is 0 Å². The van der Waals surface area contributed by atoms with Crippen molar-refractivity contribution in [3.05, 3.63) is 71.8 Å². The molecule has 0 aromatic heterocycles. The topological polar surface area (TPSA) is 80.3 Å². The van der Waals surface area contributed by atoms with Crippen LogP contribution in [0.3, 0.4) is 0 Å². The fraction of sp³-hybridized carbons (Fsp3) is 0.222. The fourth-order valence-corrected chi connectivity index (χ4v) is 1.76. The molecule has 2 unspecified atom stereocenters. The summed E-state index contributed by atoms with van der Waals surface area (Å²) in [5.74, 6) is -3.10. The van der Waals surface area contributed by atoms with Gasteiger partial charge in [-0.1, -0.05) is 74.5 Å². The molecule has 0 saturated heterocycles. The second-order valence-corrected chi connectivity index (χ2v) is 4.90. The summed E-state index contributed by atoms with van der Waals surface area (Å²) in [6.07, 6.45) is 0. The standard InChI is InChI=1S/2C9H10O2.Mg/c2*1-7(9(10)11)8-5-3-2-4-6-8;/h2*2-7H,1H3,(H,10,11);/q;;+2/p-2. The van der Waals surface area contributed by atoms with Gasteiger partial charge in [0.2, 0.25) is 0 Å². The van der Waals surface area contributed by atoms with Crippen molar-refractivity contribution in [1.82, 2.24) is 0 Å². The Morgan fingerprint density at radius 1 is 0.696 bits per heavy atom. The predicted octanol–water partition coefficient (Wildman–Crippen LogP) is 0.699. The molecule has 2 aromatic rings. The molecule has 0 aliphatic rings. The Bertz CT molecular complexity index is 543. The maximum absolute atomic E-state index is 10.4. The smallest absolute Gasteiger partial charge is 0.550 e. The monoisotopic (exact) mass is 322 g/mol. The molecule has 0 aliphatic heterocycles. The summed E-state index contributed by atoms with van der Waals surface area (Å²) in [6.45, 7) is 3.23. The molecule has 2 aromatic carbocycles. The summed E-state index contributed by atoms with van der Waals surface area (Å²) in [5, 5.41) is 20.8. The number of hydrogen-bond acceptors (Lipinski definition) is 4. The maximum atomic E-state index is 10.4. The Kier molecular flexibility index (Phi) is 9.93. The summed E-state index contributed by atoms with van der Waals surface area (Å²) in [6, 6.07) is 18.1. The minimum atomic E-state index is -1.03. The molecule has 0 radical (unpaired) electrons. The second-order valence-electron chi connectivity index (χ2n) is 4.90. The molecule has 2 atom stereocenters. The number of hydrogen-bond donors (Lipinski definition) is 0. The van der Waals surface area contributed by atoms with Crippen molar-refractivity contribution in [1.29, 1.82) is 0 Å². The van der Waals surface area contributed by atoms with E-state index in [2.05, 4.69) is 0 Å². The summed E-state index contributed by atoms with van der Waals surface area (Å²) >= 11 is 0. The summed E-state index contributed by atoms with van der Waals surface area (Å²) in [5.41, 5.74) is 1.57. The third kappa shape index (κ3) is 7.30. The summed E-state index contributed by atoms with van der Waals surface area (Å²) in [7, 11) is 0. The zero-order chi connectivity index (χ0) is 16.5. The van der Waals surface area contributed by atoms with Crippen molar-refractivity contribution in [2.75, 3.05) is 0 Å². The van der Waals surface area contributed by atoms with Crippen LogP contribution in [0.25, 0.3) is 0 Å². The quantitative estimate of drug-likeness (QED) is 0.776. The molecule has 5 heteroatoms. The Hall–Kier alpha value is -1.85. The van der Waals surface area contributed by atoms with Gasteiger partial charge in [-0.25, -0.2) is 0 Å². The van der Waals surface area contributed by atoms with Gasteiger partial charge in [-0.3, -0.25) is 0 Å². The van der Waals surface area contributed by atoms with Gasteiger partial charge in [-0.15, -0.1) is 0 Å². The number of benzene rings is 2. The predicted molar refractivity (Wildman–Crippen MR) is 85.5 cm³/mol. The Balaban J connectivity index is 0.000000403. The average molecular weight is 323 g/mol. The molecule has 2 rings (SSSR count). The summed E-state index contributed by atoms with van der Waals surface area (Å²) < 4.78 is 0. The van der Waals surface area contributed by atoms with Gasteiger partial charge in [0.25, 0.3) is 0 Å². The first-order valence-corrected chi connectivity index (χ1v) is 6.95. The van der Waals surface area contributed by atoms with Crippen LogP contribution in [0.15, 0.2) is 60.7 Å². The van der Waals surface area contributed by atoms with Crippen molar-refractivity contribution < 1.29 is 19.8 Å². The molecule has 4 nitrogen and oxygen atoms in total. The van der Waals surface area contributed by atoms with E-state index in [1.54, 1.807) is 38.1 Å². The van der Waals surface area contributed by atoms with Gasteiger partial charge in [0.15, 0.2) is 0 Å². The number of aliphatic carboxylic acids is 2. The van der Waals surface area contributed by atoms with Crippen LogP contribution in [-0.4, -0.2) is 35.0 Å². The molecule has 116 valence electrons. The minimum Gasteiger partial charge on any atom is -0.550 e. The van der Waals surface area contributed by atoms with E-state index in [1.807, 2.05) is 36.4 Å². The molecule has 0 aliphatic carbocycles. The maximum Gasteiger partial charge on any atom is 2.00 e. The SMILES string of the molecule is CC(C(=O)[O-])c1ccccc1.CC(C(=O)[O-])c1ccccc1.[Mg+2]. The van der Waals surface area contributed by atoms with Crippen molar-refractivity contribution in [2.45, 2.75) is 25.7 Å². The molecular formula is C18H18MgO4. The third-order valence-electron chi connectivity index (χ3n) is 3.31. The Labute approximate surface area is 152 Å². The van der Waals surface area contributed by atoms with Crippen LogP contribution in [0.4, 0.5) is 0 Å². The van der Waals surface area contributed by atoms with Crippen LogP contribution in [0.5, 0.6) is 0 Å². The molecule has 0 bridgehead atoms. The van der Waals surface area contributed by atoms with E-state index >= 15 is 0 Å². The first kappa shape index (κ1) is 21.1. The Morgan fingerprint density at radius 3 is 1.17 bits per heavy atom. The van der Waals surface area contributed by atoms with E-state index in [9.17, 15) is 19.8 Å². The van der Waals surface area contributed by atoms with Crippen molar-refractivity contribution in [3.63, 3.8) is 0 Å². The zero-order valence-corrected chi connectivity index (χ0v) is 14.7. The van der Waals surface area contributed by atoms with Crippen LogP contribution < -0.4 is 10.2 Å². The molecular weight excluding hydrogens is 304 g/mol. The van der Waals surface area contributed by atoms with Crippen LogP contribution in [0.1, 0.15) is 36.8 Å². The second kappa shape index (κ2) is 10.8. The Morgan fingerprint density at radius 2 is 0.957 bits per heavy atom. The van der Waals surface area contributed by atoms with Crippen molar-refractivity contribution in [3.8, 4) is 0 Å². The van der Waals surface area contributed by atoms with E-state index in [4.69, 9.17) is 0 Å². The van der Waals surface area contributed by atoms with Gasteiger partial charge in [0.05, 0.1) is 0 Å². The largest absolute Gasteiger partial charge is 2.00 e. The molecule has 0 spiro atoms. The molecule has 0 fully saturated rings. The van der Waals surface area contributed by atoms with E-state index in [0.29, 0.717) is 0 Å². The number of carbonyl (C=O) groups is 2. The fourth-order valence-electron chi connectivity index (χ4n) is 1.76. The van der Waals surface area contributed by atoms with Crippen LogP contribution >= 0.6 is 0 Å². The molecule has 0 saturated carbocycles. The van der Waals surface area contributed by atoms with Gasteiger partial charge in [0, 0.05) is 23.8 Å². The third-order valence-corrected chi connectivity index (χ3v) is 3.31. The number of carboxylic acid groups (broad SMARTS) is 2. The van der Waals surface area contributed by atoms with E-state index < -0.39 is 23.8 Å². The zero-order valence-electron chi connectivity index (χ0n) is 13.3. The van der Waals surface area contributed by atoms with Crippen LogP contribution in [-0.2, 0) is 9.59 Å². The van der Waals surface area contributed by atoms with Gasteiger partial charge in [-0.05, 0) is 11.1 Å². The number of carboxylic acids is 2. The van der Waals surface area contributed by atoms with Crippen LogP contribution in [0, 0.1) is 0 Å². The molecule has 0 amide bonds. The van der Waals surface area contributed by atoms with Crippen molar-refractivity contribution >= 4 is 35.0 Å².